The number of nitrogens with one attached hydrogen (secondary N) is 1. The molecule has 0 spiro atoms. The fourth-order valence-electron chi connectivity index (χ4n) is 5.34. The van der Waals surface area contributed by atoms with E-state index >= 15 is 0 Å². The predicted molar refractivity (Wildman–Crippen MR) is 137 cm³/mol. The summed E-state index contributed by atoms with van der Waals surface area (Å²) in [6.45, 7) is 6.19. The lowest BCUT2D eigenvalue weighted by atomic mass is 9.73. The highest BCUT2D eigenvalue weighted by atomic mass is 32.1. The first kappa shape index (κ1) is 21.9. The smallest absolute Gasteiger partial charge is 0.261 e. The number of nitrogens with zero attached hydrogens (tertiary/aromatic N) is 2. The number of aromatic nitrogens is 1. The average Bonchev–Trinajstić information content (AvgIpc) is 2.87. The van der Waals surface area contributed by atoms with E-state index in [2.05, 4.69) is 46.1 Å². The van der Waals surface area contributed by atoms with Gasteiger partial charge in [0.1, 0.15) is 11.9 Å². The highest BCUT2D eigenvalue weighted by molar-refractivity contribution is 7.80. The van der Waals surface area contributed by atoms with E-state index < -0.39 is 0 Å². The number of rotatable bonds is 6. The Balaban J connectivity index is 1.45. The molecule has 1 unspecified atom stereocenters. The summed E-state index contributed by atoms with van der Waals surface area (Å²) in [5, 5.41) is 4.73. The molecule has 2 bridgehead atoms. The van der Waals surface area contributed by atoms with Crippen molar-refractivity contribution in [3.63, 3.8) is 0 Å². The van der Waals surface area contributed by atoms with Crippen LogP contribution in [-0.2, 0) is 4.74 Å². The summed E-state index contributed by atoms with van der Waals surface area (Å²) < 4.78 is 11.8. The summed E-state index contributed by atoms with van der Waals surface area (Å²) in [6, 6.07) is 18.3. The van der Waals surface area contributed by atoms with Gasteiger partial charge >= 0.3 is 0 Å². The Morgan fingerprint density at radius 3 is 2.76 bits per heavy atom. The number of pyridine rings is 1. The van der Waals surface area contributed by atoms with E-state index in [1.807, 2.05) is 42.6 Å². The largest absolute Gasteiger partial charge is 0.497 e. The van der Waals surface area contributed by atoms with E-state index in [1.165, 1.54) is 6.42 Å². The maximum absolute atomic E-state index is 6.56. The molecule has 6 heteroatoms. The monoisotopic (exact) mass is 459 g/mol. The van der Waals surface area contributed by atoms with E-state index in [0.29, 0.717) is 17.0 Å². The molecule has 3 fully saturated rings. The van der Waals surface area contributed by atoms with Crippen LogP contribution in [0.4, 0.5) is 5.69 Å². The van der Waals surface area contributed by atoms with Gasteiger partial charge in [-0.25, -0.2) is 0 Å². The molecule has 0 radical (unpaired) electrons. The van der Waals surface area contributed by atoms with Gasteiger partial charge in [-0.3, -0.25) is 9.88 Å². The standard InChI is InChI=1S/C27H29N3O2S/c1-3-18-17-30-15-13-19(18)16-25(30)26(23-12-14-28-24-7-5-4-6-22(23)24)32-27(33)29-20-8-10-21(31-2)11-9-20/h3-12,14,18-19,25-26H,1,13,15-17H2,2H3,(H,29,33)/t18-,19-,25+,26-/m0/s1. The van der Waals surface area contributed by atoms with Crippen molar-refractivity contribution in [2.24, 2.45) is 11.8 Å². The number of hydrogen-bond acceptors (Lipinski definition) is 5. The molecule has 5 nitrogen and oxygen atoms in total. The SMILES string of the molecule is C=C[C@H]1CN2CC[C@H]1C[C@@H]2[C@@H](OC(=S)Nc1ccc(OC)cc1)c1ccnc2ccccc12. The first-order valence-corrected chi connectivity index (χ1v) is 11.9. The fourth-order valence-corrected chi connectivity index (χ4v) is 5.57. The van der Waals surface area contributed by atoms with Gasteiger partial charge in [0.2, 0.25) is 0 Å². The first-order chi connectivity index (χ1) is 16.2. The maximum atomic E-state index is 6.56. The van der Waals surface area contributed by atoms with Crippen LogP contribution in [0.5, 0.6) is 5.75 Å². The normalized spacial score (nSPS) is 24.8. The van der Waals surface area contributed by atoms with E-state index in [1.54, 1.807) is 7.11 Å². The Bertz CT molecular complexity index is 1140. The van der Waals surface area contributed by atoms with Gasteiger partial charge in [-0.1, -0.05) is 24.3 Å². The van der Waals surface area contributed by atoms with Crippen molar-refractivity contribution in [3.8, 4) is 5.75 Å². The third-order valence-corrected chi connectivity index (χ3v) is 7.26. The van der Waals surface area contributed by atoms with Crippen LogP contribution in [0.2, 0.25) is 0 Å². The number of para-hydroxylation sites is 1. The van der Waals surface area contributed by atoms with Crippen LogP contribution in [0.25, 0.3) is 10.9 Å². The van der Waals surface area contributed by atoms with Gasteiger partial charge in [0.15, 0.2) is 0 Å². The van der Waals surface area contributed by atoms with E-state index in [-0.39, 0.29) is 12.1 Å². The molecule has 170 valence electrons. The van der Waals surface area contributed by atoms with E-state index in [0.717, 1.165) is 47.4 Å². The topological polar surface area (TPSA) is 46.6 Å². The second-order valence-electron chi connectivity index (χ2n) is 8.84. The molecule has 0 saturated carbocycles. The quantitative estimate of drug-likeness (QED) is 0.383. The summed E-state index contributed by atoms with van der Waals surface area (Å²) >= 11 is 5.68. The van der Waals surface area contributed by atoms with E-state index in [9.17, 15) is 0 Å². The van der Waals surface area contributed by atoms with Crippen LogP contribution in [0.15, 0.2) is 73.4 Å². The summed E-state index contributed by atoms with van der Waals surface area (Å²) in [6.07, 6.45) is 6.09. The maximum Gasteiger partial charge on any atom is 0.261 e. The molecule has 3 saturated heterocycles. The minimum atomic E-state index is -0.190. The van der Waals surface area contributed by atoms with Gasteiger partial charge in [-0.15, -0.1) is 6.58 Å². The molecule has 3 aromatic rings. The Morgan fingerprint density at radius 1 is 1.21 bits per heavy atom. The number of benzene rings is 2. The zero-order chi connectivity index (χ0) is 22.8. The van der Waals surface area contributed by atoms with Gasteiger partial charge in [0.25, 0.3) is 5.17 Å². The summed E-state index contributed by atoms with van der Waals surface area (Å²) in [5.41, 5.74) is 2.97. The lowest BCUT2D eigenvalue weighted by Gasteiger charge is -2.51. The molecule has 2 aromatic carbocycles. The van der Waals surface area contributed by atoms with Crippen LogP contribution in [0, 0.1) is 11.8 Å². The van der Waals surface area contributed by atoms with Gasteiger partial charge in [-0.05, 0) is 79.8 Å². The minimum Gasteiger partial charge on any atom is -0.497 e. The van der Waals surface area contributed by atoms with Gasteiger partial charge in [0.05, 0.1) is 18.7 Å². The average molecular weight is 460 g/mol. The van der Waals surface area contributed by atoms with Crippen LogP contribution in [0.3, 0.4) is 0 Å². The summed E-state index contributed by atoms with van der Waals surface area (Å²) in [7, 11) is 1.66. The summed E-state index contributed by atoms with van der Waals surface area (Å²) in [5.74, 6) is 1.99. The number of anilines is 1. The molecular weight excluding hydrogens is 430 g/mol. The molecule has 5 atom stereocenters. The van der Waals surface area contributed by atoms with Crippen molar-refractivity contribution < 1.29 is 9.47 Å². The molecule has 0 amide bonds. The number of fused-ring (bicyclic) bond motifs is 4. The molecule has 4 heterocycles. The second-order valence-corrected chi connectivity index (χ2v) is 9.21. The highest BCUT2D eigenvalue weighted by Crippen LogP contribution is 2.43. The molecular formula is C27H29N3O2S. The predicted octanol–water partition coefficient (Wildman–Crippen LogP) is 5.59. The lowest BCUT2D eigenvalue weighted by Crippen LogP contribution is -2.55. The van der Waals surface area contributed by atoms with Crippen molar-refractivity contribution >= 4 is 34.0 Å². The number of methoxy groups -OCH3 is 1. The van der Waals surface area contributed by atoms with Crippen molar-refractivity contribution in [2.45, 2.75) is 25.0 Å². The van der Waals surface area contributed by atoms with Crippen LogP contribution in [0.1, 0.15) is 24.5 Å². The van der Waals surface area contributed by atoms with Crippen molar-refractivity contribution in [1.82, 2.24) is 9.88 Å². The number of thiocarbonyl (C=S) groups is 1. The zero-order valence-electron chi connectivity index (χ0n) is 18.8. The molecule has 1 N–H and O–H groups in total. The second kappa shape index (κ2) is 9.49. The molecule has 33 heavy (non-hydrogen) atoms. The molecule has 0 aliphatic carbocycles. The Morgan fingerprint density at radius 2 is 2.03 bits per heavy atom. The number of piperidine rings is 3. The van der Waals surface area contributed by atoms with Crippen molar-refractivity contribution in [2.75, 3.05) is 25.5 Å². The first-order valence-electron chi connectivity index (χ1n) is 11.5. The Labute approximate surface area is 200 Å². The summed E-state index contributed by atoms with van der Waals surface area (Å²) in [4.78, 5) is 7.12. The third kappa shape index (κ3) is 4.45. The molecule has 6 rings (SSSR count). The lowest BCUT2D eigenvalue weighted by molar-refractivity contribution is -0.0386. The number of hydrogen-bond donors (Lipinski definition) is 1. The third-order valence-electron chi connectivity index (χ3n) is 7.06. The molecule has 1 aromatic heterocycles. The Hall–Kier alpha value is -2.96. The fraction of sp³-hybridized carbons (Fsp3) is 0.333. The van der Waals surface area contributed by atoms with Crippen LogP contribution in [-0.4, -0.2) is 41.3 Å². The van der Waals surface area contributed by atoms with Crippen molar-refractivity contribution in [1.29, 1.82) is 0 Å². The Kier molecular flexibility index (Phi) is 6.29. The van der Waals surface area contributed by atoms with Crippen LogP contribution < -0.4 is 10.1 Å². The minimum absolute atomic E-state index is 0.190. The van der Waals surface area contributed by atoms with Crippen molar-refractivity contribution in [3.05, 3.63) is 79.0 Å². The highest BCUT2D eigenvalue weighted by Gasteiger charge is 2.44. The van der Waals surface area contributed by atoms with Gasteiger partial charge in [-0.2, -0.15) is 0 Å². The molecule has 3 aliphatic heterocycles. The van der Waals surface area contributed by atoms with E-state index in [4.69, 9.17) is 21.7 Å². The number of ether oxygens (including phenoxy) is 2. The van der Waals surface area contributed by atoms with Gasteiger partial charge < -0.3 is 14.8 Å². The molecule has 3 aliphatic rings. The van der Waals surface area contributed by atoms with Gasteiger partial charge in [0, 0.05) is 29.4 Å². The zero-order valence-corrected chi connectivity index (χ0v) is 19.6. The van der Waals surface area contributed by atoms with Crippen LogP contribution >= 0.6 is 12.2 Å².